The molecule has 0 saturated heterocycles. The van der Waals surface area contributed by atoms with Crippen LogP contribution in [0, 0.1) is 0 Å². The summed E-state index contributed by atoms with van der Waals surface area (Å²) in [5, 5.41) is 19.6. The molecule has 0 atom stereocenters. The molecule has 0 amide bonds. The molecule has 5 aromatic heterocycles. The van der Waals surface area contributed by atoms with Crippen molar-refractivity contribution in [1.29, 1.82) is 0 Å². The fourth-order valence-corrected chi connectivity index (χ4v) is 6.85. The molecule has 1 N–H and O–H groups in total. The first-order valence-corrected chi connectivity index (χ1v) is 10.6. The minimum absolute atomic E-state index is 0.0386. The highest BCUT2D eigenvalue weighted by molar-refractivity contribution is 7.94. The van der Waals surface area contributed by atoms with E-state index >= 15 is 0 Å². The van der Waals surface area contributed by atoms with Crippen molar-refractivity contribution in [3.05, 3.63) is 85.5 Å². The van der Waals surface area contributed by atoms with Gasteiger partial charge in [0.2, 0.25) is 16.5 Å². The van der Waals surface area contributed by atoms with E-state index in [1.54, 1.807) is 47.4 Å². The second kappa shape index (κ2) is 7.00. The normalized spacial score (nSPS) is 11.6. The van der Waals surface area contributed by atoms with Gasteiger partial charge in [0.05, 0.1) is 0 Å². The van der Waals surface area contributed by atoms with E-state index in [1.807, 2.05) is 42.5 Å². The first-order chi connectivity index (χ1) is 14.3. The number of aromatic nitrogens is 7. The molecule has 0 aliphatic carbocycles. The Bertz CT molecular complexity index is 1240. The number of aromatic hydroxyl groups is 1. The Balaban J connectivity index is 1.99. The van der Waals surface area contributed by atoms with Crippen LogP contribution in [0.25, 0.3) is 11.2 Å². The number of rotatable bonds is 4. The summed E-state index contributed by atoms with van der Waals surface area (Å²) in [5.41, 5.74) is 3.02. The molecule has 0 fully saturated rings. The highest BCUT2D eigenvalue weighted by Gasteiger charge is 2.57. The van der Waals surface area contributed by atoms with Crippen LogP contribution in [0.4, 0.5) is 0 Å². The van der Waals surface area contributed by atoms with Crippen LogP contribution in [0.2, 0.25) is 0 Å². The zero-order chi connectivity index (χ0) is 19.7. The number of fused-ring (bicyclic) bond motifs is 1. The molecule has 0 bridgehead atoms. The van der Waals surface area contributed by atoms with Gasteiger partial charge in [-0.25, -0.2) is 19.9 Å². The van der Waals surface area contributed by atoms with E-state index in [-0.39, 0.29) is 5.75 Å². The summed E-state index contributed by atoms with van der Waals surface area (Å²) in [6.45, 7) is 0. The van der Waals surface area contributed by atoms with Gasteiger partial charge in [-0.2, -0.15) is 0 Å². The zero-order valence-electron chi connectivity index (χ0n) is 15.1. The summed E-state index contributed by atoms with van der Waals surface area (Å²) >= 11 is 0. The molecule has 0 aliphatic rings. The van der Waals surface area contributed by atoms with Gasteiger partial charge in [-0.1, -0.05) is 16.6 Å². The third-order valence-electron chi connectivity index (χ3n) is 4.51. The fraction of sp³-hybridized carbons (Fsp3) is 0. The molecule has 140 valence electrons. The van der Waals surface area contributed by atoms with E-state index in [0.717, 1.165) is 0 Å². The van der Waals surface area contributed by atoms with Crippen LogP contribution >= 0.6 is 7.41 Å². The summed E-state index contributed by atoms with van der Waals surface area (Å²) < 4.78 is 1.73. The maximum Gasteiger partial charge on any atom is 0.293 e. The Kier molecular flexibility index (Phi) is 4.18. The maximum absolute atomic E-state index is 10.9. The molecular weight excluding hydrogens is 385 g/mol. The standard InChI is InChI=1S/C20H14N7OP/c28-16-8-6-14-24-20(16)29(17-9-1-3-11-21-17,18-10-2-4-12-22-18)27-19-15(25-26-27)7-5-13-23-19/h1-14H/p+1. The monoisotopic (exact) mass is 400 g/mol. The SMILES string of the molecule is Oc1cccnc1[P+](c1ccccn1)(c1ccccn1)n1nnc2cccnc21. The summed E-state index contributed by atoms with van der Waals surface area (Å²) in [7, 11) is -2.94. The second-order valence-corrected chi connectivity index (χ2v) is 9.17. The van der Waals surface area contributed by atoms with Gasteiger partial charge in [0.1, 0.15) is 5.52 Å². The average molecular weight is 400 g/mol. The first kappa shape index (κ1) is 17.3. The Morgan fingerprint density at radius 3 is 2.00 bits per heavy atom. The highest BCUT2D eigenvalue weighted by atomic mass is 31.2. The van der Waals surface area contributed by atoms with E-state index in [4.69, 9.17) is 0 Å². The molecule has 0 spiro atoms. The van der Waals surface area contributed by atoms with E-state index < -0.39 is 7.41 Å². The number of hydrogen-bond donors (Lipinski definition) is 1. The van der Waals surface area contributed by atoms with E-state index in [1.165, 1.54) is 0 Å². The fourth-order valence-electron chi connectivity index (χ4n) is 3.30. The van der Waals surface area contributed by atoms with Gasteiger partial charge in [0.25, 0.3) is 12.8 Å². The predicted octanol–water partition coefficient (Wildman–Crippen LogP) is 1.47. The molecule has 0 saturated carbocycles. The zero-order valence-corrected chi connectivity index (χ0v) is 16.0. The molecule has 0 unspecified atom stereocenters. The predicted molar refractivity (Wildman–Crippen MR) is 111 cm³/mol. The van der Waals surface area contributed by atoms with Crippen LogP contribution in [-0.4, -0.2) is 39.8 Å². The van der Waals surface area contributed by atoms with Crippen molar-refractivity contribution >= 4 is 34.9 Å². The van der Waals surface area contributed by atoms with Gasteiger partial charge in [-0.05, 0) is 41.6 Å². The topological polar surface area (TPSA) is 102 Å². The van der Waals surface area contributed by atoms with Gasteiger partial charge >= 0.3 is 0 Å². The highest BCUT2D eigenvalue weighted by Crippen LogP contribution is 2.56. The van der Waals surface area contributed by atoms with Crippen molar-refractivity contribution in [2.75, 3.05) is 0 Å². The third-order valence-corrected chi connectivity index (χ3v) is 8.16. The summed E-state index contributed by atoms with van der Waals surface area (Å²) in [4.78, 5) is 18.4. The van der Waals surface area contributed by atoms with Gasteiger partial charge < -0.3 is 5.11 Å². The van der Waals surface area contributed by atoms with E-state index in [9.17, 15) is 5.11 Å². The Morgan fingerprint density at radius 1 is 0.690 bits per heavy atom. The molecule has 9 heteroatoms. The van der Waals surface area contributed by atoms with Crippen LogP contribution in [0.15, 0.2) is 85.5 Å². The summed E-state index contributed by atoms with van der Waals surface area (Å²) in [5.74, 6) is 0.0386. The summed E-state index contributed by atoms with van der Waals surface area (Å²) in [6, 6.07) is 18.2. The van der Waals surface area contributed by atoms with Crippen LogP contribution in [0.1, 0.15) is 0 Å². The smallest absolute Gasteiger partial charge is 0.293 e. The van der Waals surface area contributed by atoms with Crippen LogP contribution in [0.3, 0.4) is 0 Å². The summed E-state index contributed by atoms with van der Waals surface area (Å²) in [6.07, 6.45) is 6.74. The lowest BCUT2D eigenvalue weighted by Crippen LogP contribution is -2.40. The van der Waals surface area contributed by atoms with Crippen LogP contribution < -0.4 is 16.3 Å². The van der Waals surface area contributed by atoms with Crippen molar-refractivity contribution in [1.82, 2.24) is 34.7 Å². The molecular formula is C20H15N7OP+. The van der Waals surface area contributed by atoms with Crippen LogP contribution in [-0.2, 0) is 0 Å². The quantitative estimate of drug-likeness (QED) is 0.456. The second-order valence-electron chi connectivity index (χ2n) is 6.18. The maximum atomic E-state index is 10.9. The molecule has 0 aromatic carbocycles. The molecule has 5 aromatic rings. The number of hydrogen-bond acceptors (Lipinski definition) is 7. The molecule has 5 rings (SSSR count). The number of pyridine rings is 4. The van der Waals surface area contributed by atoms with Crippen LogP contribution in [0.5, 0.6) is 5.75 Å². The first-order valence-electron chi connectivity index (χ1n) is 8.86. The average Bonchev–Trinajstić information content (AvgIpc) is 3.22. The molecule has 5 heterocycles. The van der Waals surface area contributed by atoms with Gasteiger partial charge in [0.15, 0.2) is 5.75 Å². The molecule has 0 aliphatic heterocycles. The van der Waals surface area contributed by atoms with Gasteiger partial charge in [0, 0.05) is 36.9 Å². The lowest BCUT2D eigenvalue weighted by atomic mass is 10.4. The van der Waals surface area contributed by atoms with E-state index in [0.29, 0.717) is 27.5 Å². The lowest BCUT2D eigenvalue weighted by molar-refractivity contribution is 0.477. The molecule has 0 radical (unpaired) electrons. The van der Waals surface area contributed by atoms with Gasteiger partial charge in [-0.15, -0.1) is 5.10 Å². The van der Waals surface area contributed by atoms with Gasteiger partial charge in [-0.3, -0.25) is 0 Å². The van der Waals surface area contributed by atoms with Crippen molar-refractivity contribution in [3.63, 3.8) is 0 Å². The van der Waals surface area contributed by atoms with Crippen molar-refractivity contribution < 1.29 is 5.11 Å². The third kappa shape index (κ3) is 2.65. The molecule has 29 heavy (non-hydrogen) atoms. The van der Waals surface area contributed by atoms with E-state index in [2.05, 4.69) is 30.2 Å². The Labute approximate surface area is 166 Å². The Hall–Kier alpha value is -3.77. The minimum atomic E-state index is -2.94. The number of nitrogens with zero attached hydrogens (tertiary/aromatic N) is 7. The van der Waals surface area contributed by atoms with Crippen molar-refractivity contribution in [2.45, 2.75) is 0 Å². The largest absolute Gasteiger partial charge is 0.503 e. The molecule has 8 nitrogen and oxygen atoms in total. The lowest BCUT2D eigenvalue weighted by Gasteiger charge is -2.23. The minimum Gasteiger partial charge on any atom is -0.503 e. The van der Waals surface area contributed by atoms with Crippen molar-refractivity contribution in [2.24, 2.45) is 0 Å². The van der Waals surface area contributed by atoms with Crippen molar-refractivity contribution in [3.8, 4) is 5.75 Å². The Morgan fingerprint density at radius 2 is 1.34 bits per heavy atom.